The van der Waals surface area contributed by atoms with Crippen molar-refractivity contribution in [1.29, 1.82) is 0 Å². The lowest BCUT2D eigenvalue weighted by atomic mass is 10.2. The molecule has 0 aliphatic heterocycles. The van der Waals surface area contributed by atoms with Gasteiger partial charge in [0.15, 0.2) is 0 Å². The highest BCUT2D eigenvalue weighted by molar-refractivity contribution is 5.92. The van der Waals surface area contributed by atoms with Crippen LogP contribution in [0.5, 0.6) is 0 Å². The average molecular weight is 408 g/mol. The molecule has 0 bridgehead atoms. The highest BCUT2D eigenvalue weighted by atomic mass is 16.2. The zero-order valence-electron chi connectivity index (χ0n) is 18.0. The Morgan fingerprint density at radius 1 is 1.03 bits per heavy atom. The van der Waals surface area contributed by atoms with E-state index in [0.29, 0.717) is 18.7 Å². The molecule has 0 saturated carbocycles. The number of pyridine rings is 1. The van der Waals surface area contributed by atoms with Crippen molar-refractivity contribution >= 4 is 22.8 Å². The molecule has 0 saturated heterocycles. The third kappa shape index (κ3) is 4.84. The molecular formula is C23H29N5O2. The van der Waals surface area contributed by atoms with E-state index in [2.05, 4.69) is 10.3 Å². The molecular weight excluding hydrogens is 378 g/mol. The van der Waals surface area contributed by atoms with Crippen LogP contribution in [0.1, 0.15) is 44.0 Å². The molecule has 1 aromatic carbocycles. The lowest BCUT2D eigenvalue weighted by Crippen LogP contribution is -2.43. The summed E-state index contributed by atoms with van der Waals surface area (Å²) in [6.07, 6.45) is 2.11. The summed E-state index contributed by atoms with van der Waals surface area (Å²) in [7, 11) is 0. The Hall–Kier alpha value is -3.22. The average Bonchev–Trinajstić information content (AvgIpc) is 3.05. The molecule has 0 unspecified atom stereocenters. The number of rotatable bonds is 8. The normalized spacial score (nSPS) is 11.3. The predicted octanol–water partition coefficient (Wildman–Crippen LogP) is 3.05. The second-order valence-electron chi connectivity index (χ2n) is 7.81. The van der Waals surface area contributed by atoms with Gasteiger partial charge in [-0.15, -0.1) is 0 Å². The predicted molar refractivity (Wildman–Crippen MR) is 117 cm³/mol. The minimum Gasteiger partial charge on any atom is -0.350 e. The maximum atomic E-state index is 13.1. The summed E-state index contributed by atoms with van der Waals surface area (Å²) < 4.78 is 1.96. The van der Waals surface area contributed by atoms with Crippen LogP contribution >= 0.6 is 0 Å². The fourth-order valence-electron chi connectivity index (χ4n) is 3.76. The van der Waals surface area contributed by atoms with Gasteiger partial charge in [-0.1, -0.05) is 18.2 Å². The van der Waals surface area contributed by atoms with Crippen LogP contribution in [-0.4, -0.2) is 49.9 Å². The molecule has 7 heteroatoms. The number of benzene rings is 1. The fourth-order valence-corrected chi connectivity index (χ4v) is 3.76. The van der Waals surface area contributed by atoms with Crippen LogP contribution in [0.2, 0.25) is 0 Å². The summed E-state index contributed by atoms with van der Waals surface area (Å²) in [6.45, 7) is 8.73. The number of carbonyl (C=O) groups is 2. The van der Waals surface area contributed by atoms with Gasteiger partial charge in [-0.3, -0.25) is 14.6 Å². The van der Waals surface area contributed by atoms with Crippen LogP contribution in [0, 0.1) is 0 Å². The number of hydrogen-bond acceptors (Lipinski definition) is 4. The highest BCUT2D eigenvalue weighted by Crippen LogP contribution is 2.18. The first-order chi connectivity index (χ1) is 14.4. The number of hydrogen-bond donors (Lipinski definition) is 1. The first kappa shape index (κ1) is 21.5. The molecule has 0 aliphatic carbocycles. The van der Waals surface area contributed by atoms with Gasteiger partial charge in [0, 0.05) is 31.2 Å². The Labute approximate surface area is 177 Å². The molecule has 0 aliphatic rings. The van der Waals surface area contributed by atoms with Gasteiger partial charge in [-0.2, -0.15) is 0 Å². The quantitative estimate of drug-likeness (QED) is 0.622. The number of fused-ring (bicyclic) bond motifs is 1. The van der Waals surface area contributed by atoms with Crippen LogP contribution in [0.4, 0.5) is 0 Å². The summed E-state index contributed by atoms with van der Waals surface area (Å²) in [6, 6.07) is 13.3. The van der Waals surface area contributed by atoms with Crippen molar-refractivity contribution in [2.75, 3.05) is 6.54 Å². The van der Waals surface area contributed by atoms with Gasteiger partial charge in [0.25, 0.3) is 5.91 Å². The number of nitrogens with zero attached hydrogens (tertiary/aromatic N) is 4. The van der Waals surface area contributed by atoms with E-state index in [9.17, 15) is 9.59 Å². The Morgan fingerprint density at radius 3 is 2.40 bits per heavy atom. The van der Waals surface area contributed by atoms with Gasteiger partial charge in [0.05, 0.1) is 11.0 Å². The van der Waals surface area contributed by atoms with Crippen LogP contribution in [0.25, 0.3) is 11.0 Å². The number of imidazole rings is 1. The Morgan fingerprint density at radius 2 is 1.73 bits per heavy atom. The lowest BCUT2D eigenvalue weighted by Gasteiger charge is -2.31. The first-order valence-electron chi connectivity index (χ1n) is 10.3. The summed E-state index contributed by atoms with van der Waals surface area (Å²) >= 11 is 0. The summed E-state index contributed by atoms with van der Waals surface area (Å²) in [5.41, 5.74) is 2.15. The molecule has 7 nitrogen and oxygen atoms in total. The van der Waals surface area contributed by atoms with E-state index in [1.165, 1.54) is 0 Å². The Kier molecular flexibility index (Phi) is 6.82. The van der Waals surface area contributed by atoms with Crippen LogP contribution < -0.4 is 5.32 Å². The maximum absolute atomic E-state index is 13.1. The molecule has 30 heavy (non-hydrogen) atoms. The SMILES string of the molecule is CC(C)N(C(=O)Cn1c(CCNC(=O)c2ccccn2)nc2ccccc21)C(C)C. The zero-order valence-corrected chi connectivity index (χ0v) is 18.0. The molecule has 2 amide bonds. The number of nitrogens with one attached hydrogen (secondary N) is 1. The lowest BCUT2D eigenvalue weighted by molar-refractivity contribution is -0.135. The smallest absolute Gasteiger partial charge is 0.269 e. The third-order valence-electron chi connectivity index (χ3n) is 4.96. The summed E-state index contributed by atoms with van der Waals surface area (Å²) in [5.74, 6) is 0.611. The third-order valence-corrected chi connectivity index (χ3v) is 4.96. The molecule has 158 valence electrons. The number of carbonyl (C=O) groups excluding carboxylic acids is 2. The van der Waals surface area contributed by atoms with Crippen molar-refractivity contribution in [2.45, 2.75) is 52.7 Å². The monoisotopic (exact) mass is 407 g/mol. The zero-order chi connectivity index (χ0) is 21.7. The summed E-state index contributed by atoms with van der Waals surface area (Å²) in [5, 5.41) is 2.88. The van der Waals surface area contributed by atoms with Crippen molar-refractivity contribution in [2.24, 2.45) is 0 Å². The van der Waals surface area contributed by atoms with Gasteiger partial charge in [-0.25, -0.2) is 4.98 Å². The van der Waals surface area contributed by atoms with Crippen LogP contribution in [-0.2, 0) is 17.8 Å². The number of para-hydroxylation sites is 2. The van der Waals surface area contributed by atoms with Crippen LogP contribution in [0.15, 0.2) is 48.7 Å². The molecule has 0 fully saturated rings. The summed E-state index contributed by atoms with van der Waals surface area (Å²) in [4.78, 5) is 36.0. The topological polar surface area (TPSA) is 80.1 Å². The molecule has 0 radical (unpaired) electrons. The molecule has 0 spiro atoms. The molecule has 0 atom stereocenters. The maximum Gasteiger partial charge on any atom is 0.269 e. The first-order valence-corrected chi connectivity index (χ1v) is 10.3. The van der Waals surface area contributed by atoms with Gasteiger partial charge >= 0.3 is 0 Å². The van der Waals surface area contributed by atoms with Gasteiger partial charge in [0.1, 0.15) is 18.1 Å². The molecule has 2 heterocycles. The van der Waals surface area contributed by atoms with Crippen molar-refractivity contribution in [3.63, 3.8) is 0 Å². The van der Waals surface area contributed by atoms with Crippen molar-refractivity contribution < 1.29 is 9.59 Å². The van der Waals surface area contributed by atoms with E-state index in [1.807, 2.05) is 61.4 Å². The Balaban J connectivity index is 1.78. The Bertz CT molecular complexity index is 1000. The molecule has 3 aromatic rings. The van der Waals surface area contributed by atoms with Crippen molar-refractivity contribution in [3.05, 3.63) is 60.2 Å². The number of amides is 2. The second-order valence-corrected chi connectivity index (χ2v) is 7.81. The standard InChI is InChI=1S/C23H29N5O2/c1-16(2)28(17(3)4)22(29)15-27-20-11-6-5-9-18(20)26-21(27)12-14-25-23(30)19-10-7-8-13-24-19/h5-11,13,16-17H,12,14-15H2,1-4H3,(H,25,30). The molecule has 2 aromatic heterocycles. The number of aromatic nitrogens is 3. The van der Waals surface area contributed by atoms with Gasteiger partial charge < -0.3 is 14.8 Å². The second kappa shape index (κ2) is 9.52. The van der Waals surface area contributed by atoms with Crippen molar-refractivity contribution in [3.8, 4) is 0 Å². The minimum atomic E-state index is -0.222. The molecule has 3 rings (SSSR count). The van der Waals surface area contributed by atoms with Crippen molar-refractivity contribution in [1.82, 2.24) is 24.8 Å². The largest absolute Gasteiger partial charge is 0.350 e. The molecule has 1 N–H and O–H groups in total. The highest BCUT2D eigenvalue weighted by Gasteiger charge is 2.22. The van der Waals surface area contributed by atoms with Crippen LogP contribution in [0.3, 0.4) is 0 Å². The van der Waals surface area contributed by atoms with E-state index >= 15 is 0 Å². The van der Waals surface area contributed by atoms with E-state index < -0.39 is 0 Å². The fraction of sp³-hybridized carbons (Fsp3) is 0.391. The van der Waals surface area contributed by atoms with E-state index in [1.54, 1.807) is 24.4 Å². The minimum absolute atomic E-state index is 0.0573. The van der Waals surface area contributed by atoms with E-state index in [-0.39, 0.29) is 30.4 Å². The van der Waals surface area contributed by atoms with Gasteiger partial charge in [0.2, 0.25) is 5.91 Å². The van der Waals surface area contributed by atoms with E-state index in [4.69, 9.17) is 4.98 Å². The van der Waals surface area contributed by atoms with Gasteiger partial charge in [-0.05, 0) is 52.0 Å². The van der Waals surface area contributed by atoms with E-state index in [0.717, 1.165) is 16.9 Å².